The van der Waals surface area contributed by atoms with E-state index >= 15 is 0 Å². The molecule has 1 fully saturated rings. The number of piperazine rings is 1. The SMILES string of the molecule is OCCCN1CCN(c2nc3ccccc3s2)CC1. The summed E-state index contributed by atoms with van der Waals surface area (Å²) in [6.45, 7) is 5.49. The van der Waals surface area contributed by atoms with E-state index in [9.17, 15) is 0 Å². The Bertz CT molecular complexity index is 501. The summed E-state index contributed by atoms with van der Waals surface area (Å²) in [6.07, 6.45) is 0.876. The first-order chi connectivity index (χ1) is 9.36. The zero-order valence-electron chi connectivity index (χ0n) is 11.0. The summed E-state index contributed by atoms with van der Waals surface area (Å²) in [5, 5.41) is 10.0. The van der Waals surface area contributed by atoms with E-state index in [0.29, 0.717) is 0 Å². The van der Waals surface area contributed by atoms with Gasteiger partial charge in [-0.3, -0.25) is 4.90 Å². The second-order valence-corrected chi connectivity index (χ2v) is 5.88. The summed E-state index contributed by atoms with van der Waals surface area (Å²) in [4.78, 5) is 9.50. The lowest BCUT2D eigenvalue weighted by atomic mass is 10.3. The van der Waals surface area contributed by atoms with Gasteiger partial charge in [0.05, 0.1) is 10.2 Å². The van der Waals surface area contributed by atoms with Crippen LogP contribution in [0.4, 0.5) is 5.13 Å². The standard InChI is InChI=1S/C14H19N3OS/c18-11-3-6-16-7-9-17(10-8-16)14-15-12-4-1-2-5-13(12)19-14/h1-2,4-5,18H,3,6-11H2. The number of para-hydroxylation sites is 1. The Kier molecular flexibility index (Phi) is 3.96. The molecule has 0 aliphatic carbocycles. The molecule has 0 spiro atoms. The minimum absolute atomic E-state index is 0.290. The smallest absolute Gasteiger partial charge is 0.186 e. The van der Waals surface area contributed by atoms with Gasteiger partial charge in [0, 0.05) is 39.3 Å². The lowest BCUT2D eigenvalue weighted by molar-refractivity contribution is 0.216. The van der Waals surface area contributed by atoms with Crippen LogP contribution in [0.15, 0.2) is 24.3 Å². The van der Waals surface area contributed by atoms with E-state index < -0.39 is 0 Å². The summed E-state index contributed by atoms with van der Waals surface area (Å²) < 4.78 is 1.26. The van der Waals surface area contributed by atoms with Gasteiger partial charge in [-0.05, 0) is 18.6 Å². The van der Waals surface area contributed by atoms with Crippen molar-refractivity contribution in [3.05, 3.63) is 24.3 Å². The molecular weight excluding hydrogens is 258 g/mol. The molecule has 1 aromatic carbocycles. The van der Waals surface area contributed by atoms with E-state index in [1.165, 1.54) is 4.70 Å². The zero-order chi connectivity index (χ0) is 13.1. The molecule has 3 rings (SSSR count). The highest BCUT2D eigenvalue weighted by Crippen LogP contribution is 2.28. The summed E-state index contributed by atoms with van der Waals surface area (Å²) in [7, 11) is 0. The van der Waals surface area contributed by atoms with Crippen molar-refractivity contribution in [1.82, 2.24) is 9.88 Å². The maximum atomic E-state index is 8.86. The lowest BCUT2D eigenvalue weighted by Crippen LogP contribution is -2.46. The van der Waals surface area contributed by atoms with Crippen molar-refractivity contribution in [2.24, 2.45) is 0 Å². The number of hydrogen-bond donors (Lipinski definition) is 1. The van der Waals surface area contributed by atoms with Gasteiger partial charge in [-0.25, -0.2) is 4.98 Å². The number of nitrogens with zero attached hydrogens (tertiary/aromatic N) is 3. The maximum absolute atomic E-state index is 8.86. The number of benzene rings is 1. The van der Waals surface area contributed by atoms with Crippen molar-refractivity contribution >= 4 is 26.7 Å². The number of fused-ring (bicyclic) bond motifs is 1. The summed E-state index contributed by atoms with van der Waals surface area (Å²) in [5.74, 6) is 0. The molecule has 0 amide bonds. The average Bonchev–Trinajstić information content (AvgIpc) is 2.89. The van der Waals surface area contributed by atoms with Gasteiger partial charge in [-0.15, -0.1) is 0 Å². The third-order valence-electron chi connectivity index (χ3n) is 3.56. The van der Waals surface area contributed by atoms with E-state index in [0.717, 1.165) is 49.8 Å². The summed E-state index contributed by atoms with van der Waals surface area (Å²) in [6, 6.07) is 8.32. The Labute approximate surface area is 117 Å². The van der Waals surface area contributed by atoms with Gasteiger partial charge >= 0.3 is 0 Å². The zero-order valence-corrected chi connectivity index (χ0v) is 11.8. The maximum Gasteiger partial charge on any atom is 0.186 e. The molecule has 1 aliphatic rings. The van der Waals surface area contributed by atoms with Crippen LogP contribution in [-0.2, 0) is 0 Å². The van der Waals surface area contributed by atoms with Gasteiger partial charge in [-0.1, -0.05) is 23.5 Å². The predicted octanol–water partition coefficient (Wildman–Crippen LogP) is 1.80. The molecule has 0 saturated carbocycles. The first-order valence-electron chi connectivity index (χ1n) is 6.80. The van der Waals surface area contributed by atoms with Gasteiger partial charge in [0.15, 0.2) is 5.13 Å². The topological polar surface area (TPSA) is 39.6 Å². The number of aliphatic hydroxyl groups is 1. The van der Waals surface area contributed by atoms with E-state index in [2.05, 4.69) is 28.0 Å². The molecule has 1 N–H and O–H groups in total. The number of aliphatic hydroxyl groups excluding tert-OH is 1. The fraction of sp³-hybridized carbons (Fsp3) is 0.500. The quantitative estimate of drug-likeness (QED) is 0.925. The van der Waals surface area contributed by atoms with Gasteiger partial charge < -0.3 is 10.0 Å². The molecule has 1 aliphatic heterocycles. The molecule has 2 aromatic rings. The molecule has 1 saturated heterocycles. The van der Waals surface area contributed by atoms with Crippen LogP contribution in [0.3, 0.4) is 0 Å². The van der Waals surface area contributed by atoms with E-state index in [1.807, 2.05) is 6.07 Å². The van der Waals surface area contributed by atoms with Gasteiger partial charge in [-0.2, -0.15) is 0 Å². The number of thiazole rings is 1. The molecule has 4 nitrogen and oxygen atoms in total. The molecular formula is C14H19N3OS. The van der Waals surface area contributed by atoms with Crippen molar-refractivity contribution in [2.75, 3.05) is 44.2 Å². The molecule has 19 heavy (non-hydrogen) atoms. The largest absolute Gasteiger partial charge is 0.396 e. The minimum Gasteiger partial charge on any atom is -0.396 e. The Morgan fingerprint density at radius 2 is 1.95 bits per heavy atom. The molecule has 2 heterocycles. The summed E-state index contributed by atoms with van der Waals surface area (Å²) in [5.41, 5.74) is 1.10. The number of anilines is 1. The van der Waals surface area contributed by atoms with Crippen LogP contribution in [0.5, 0.6) is 0 Å². The Balaban J connectivity index is 1.64. The van der Waals surface area contributed by atoms with Crippen LogP contribution in [0, 0.1) is 0 Å². The van der Waals surface area contributed by atoms with Crippen LogP contribution in [-0.4, -0.2) is 54.3 Å². The Morgan fingerprint density at radius 3 is 2.68 bits per heavy atom. The fourth-order valence-corrected chi connectivity index (χ4v) is 3.47. The number of hydrogen-bond acceptors (Lipinski definition) is 5. The highest BCUT2D eigenvalue weighted by atomic mass is 32.1. The molecule has 0 unspecified atom stereocenters. The first kappa shape index (κ1) is 12.8. The first-order valence-corrected chi connectivity index (χ1v) is 7.62. The van der Waals surface area contributed by atoms with Crippen LogP contribution in [0.2, 0.25) is 0 Å². The second kappa shape index (κ2) is 5.86. The highest BCUT2D eigenvalue weighted by molar-refractivity contribution is 7.22. The van der Waals surface area contributed by atoms with Crippen molar-refractivity contribution in [3.63, 3.8) is 0 Å². The van der Waals surface area contributed by atoms with E-state index in [-0.39, 0.29) is 6.61 Å². The Hall–Kier alpha value is -1.17. The van der Waals surface area contributed by atoms with Crippen LogP contribution in [0.25, 0.3) is 10.2 Å². The molecule has 5 heteroatoms. The van der Waals surface area contributed by atoms with Crippen molar-refractivity contribution in [1.29, 1.82) is 0 Å². The van der Waals surface area contributed by atoms with Crippen LogP contribution < -0.4 is 4.90 Å². The van der Waals surface area contributed by atoms with Crippen molar-refractivity contribution < 1.29 is 5.11 Å². The molecule has 1 aromatic heterocycles. The second-order valence-electron chi connectivity index (χ2n) is 4.87. The van der Waals surface area contributed by atoms with Gasteiger partial charge in [0.2, 0.25) is 0 Å². The third-order valence-corrected chi connectivity index (χ3v) is 4.66. The number of rotatable bonds is 4. The van der Waals surface area contributed by atoms with E-state index in [1.54, 1.807) is 11.3 Å². The predicted molar refractivity (Wildman–Crippen MR) is 80.0 cm³/mol. The third kappa shape index (κ3) is 2.88. The monoisotopic (exact) mass is 277 g/mol. The summed E-state index contributed by atoms with van der Waals surface area (Å²) >= 11 is 1.78. The lowest BCUT2D eigenvalue weighted by Gasteiger charge is -2.34. The average molecular weight is 277 g/mol. The van der Waals surface area contributed by atoms with E-state index in [4.69, 9.17) is 10.1 Å². The number of aromatic nitrogens is 1. The van der Waals surface area contributed by atoms with Crippen molar-refractivity contribution in [3.8, 4) is 0 Å². The fourth-order valence-electron chi connectivity index (χ4n) is 2.45. The van der Waals surface area contributed by atoms with Gasteiger partial charge in [0.25, 0.3) is 0 Å². The minimum atomic E-state index is 0.290. The van der Waals surface area contributed by atoms with Crippen LogP contribution in [0.1, 0.15) is 6.42 Å². The van der Waals surface area contributed by atoms with Gasteiger partial charge in [0.1, 0.15) is 0 Å². The van der Waals surface area contributed by atoms with Crippen molar-refractivity contribution in [2.45, 2.75) is 6.42 Å². The molecule has 0 bridgehead atoms. The Morgan fingerprint density at radius 1 is 1.16 bits per heavy atom. The molecule has 102 valence electrons. The highest BCUT2D eigenvalue weighted by Gasteiger charge is 2.19. The molecule has 0 radical (unpaired) electrons. The normalized spacial score (nSPS) is 17.2. The van der Waals surface area contributed by atoms with Crippen LogP contribution >= 0.6 is 11.3 Å². The molecule has 0 atom stereocenters.